The molecule has 0 saturated carbocycles. The van der Waals surface area contributed by atoms with Crippen molar-refractivity contribution in [2.24, 2.45) is 5.73 Å². The number of aryl methyl sites for hydroxylation is 1. The molecular formula is C21H20BrN5S. The molecule has 0 aliphatic heterocycles. The summed E-state index contributed by atoms with van der Waals surface area (Å²) < 4.78 is 2.05. The van der Waals surface area contributed by atoms with Gasteiger partial charge in [-0.1, -0.05) is 30.3 Å². The molecule has 0 amide bonds. The lowest BCUT2D eigenvalue weighted by Crippen LogP contribution is -2.31. The highest BCUT2D eigenvalue weighted by molar-refractivity contribution is 9.10. The zero-order valence-corrected chi connectivity index (χ0v) is 17.8. The molecule has 142 valence electrons. The standard InChI is InChI=1S/C21H20BrN5S/c1-13-17(22)18-19(28-13)21(27-20(26-18)15-7-9-24-10-8-15)25-12-16(23)11-14-5-3-2-4-6-14/h2-10,16H,11-12,23H2,1H3,(H,25,26,27)/t16-/m1/s1. The molecule has 0 saturated heterocycles. The van der Waals surface area contributed by atoms with Crippen LogP contribution in [-0.2, 0) is 6.42 Å². The molecule has 5 nitrogen and oxygen atoms in total. The van der Waals surface area contributed by atoms with Gasteiger partial charge in [-0.3, -0.25) is 4.98 Å². The normalized spacial score (nSPS) is 12.2. The Labute approximate surface area is 176 Å². The number of nitrogens with one attached hydrogen (secondary N) is 1. The van der Waals surface area contributed by atoms with E-state index in [2.05, 4.69) is 45.3 Å². The average Bonchev–Trinajstić information content (AvgIpc) is 3.02. The minimum atomic E-state index is -0.0127. The van der Waals surface area contributed by atoms with Crippen LogP contribution in [-0.4, -0.2) is 27.5 Å². The Hall–Kier alpha value is -2.35. The Kier molecular flexibility index (Phi) is 5.66. The number of aromatic nitrogens is 3. The van der Waals surface area contributed by atoms with Crippen LogP contribution in [0.2, 0.25) is 0 Å². The van der Waals surface area contributed by atoms with E-state index in [1.807, 2.05) is 30.3 Å². The lowest BCUT2D eigenvalue weighted by atomic mass is 10.1. The van der Waals surface area contributed by atoms with Crippen molar-refractivity contribution in [3.05, 3.63) is 69.8 Å². The maximum atomic E-state index is 6.36. The van der Waals surface area contributed by atoms with Crippen molar-refractivity contribution in [1.82, 2.24) is 15.0 Å². The first-order valence-electron chi connectivity index (χ1n) is 9.02. The number of benzene rings is 1. The maximum Gasteiger partial charge on any atom is 0.162 e. The van der Waals surface area contributed by atoms with Gasteiger partial charge in [0.05, 0.1) is 9.17 Å². The largest absolute Gasteiger partial charge is 0.367 e. The van der Waals surface area contributed by atoms with Gasteiger partial charge in [-0.05, 0) is 47.0 Å². The molecule has 0 unspecified atom stereocenters. The summed E-state index contributed by atoms with van der Waals surface area (Å²) in [7, 11) is 0. The van der Waals surface area contributed by atoms with Crippen molar-refractivity contribution in [3.8, 4) is 11.4 Å². The predicted octanol–water partition coefficient (Wildman–Crippen LogP) is 4.81. The third-order valence-electron chi connectivity index (χ3n) is 4.45. The molecule has 0 spiro atoms. The van der Waals surface area contributed by atoms with Gasteiger partial charge in [0.2, 0.25) is 0 Å². The summed E-state index contributed by atoms with van der Waals surface area (Å²) in [4.78, 5) is 14.8. The minimum Gasteiger partial charge on any atom is -0.367 e. The highest BCUT2D eigenvalue weighted by Gasteiger charge is 2.16. The second kappa shape index (κ2) is 8.34. The Morgan fingerprint density at radius 1 is 1.11 bits per heavy atom. The Bertz CT molecular complexity index is 1080. The Balaban J connectivity index is 1.63. The van der Waals surface area contributed by atoms with Gasteiger partial charge in [-0.25, -0.2) is 9.97 Å². The molecule has 28 heavy (non-hydrogen) atoms. The second-order valence-corrected chi connectivity index (χ2v) is 8.63. The number of hydrogen-bond acceptors (Lipinski definition) is 6. The van der Waals surface area contributed by atoms with Crippen LogP contribution in [0.15, 0.2) is 59.3 Å². The van der Waals surface area contributed by atoms with Crippen molar-refractivity contribution in [2.45, 2.75) is 19.4 Å². The number of rotatable bonds is 6. The summed E-state index contributed by atoms with van der Waals surface area (Å²) in [6, 6.07) is 14.1. The van der Waals surface area contributed by atoms with E-state index in [1.165, 1.54) is 10.4 Å². The van der Waals surface area contributed by atoms with Crippen LogP contribution in [0.5, 0.6) is 0 Å². The van der Waals surface area contributed by atoms with Crippen LogP contribution in [0.3, 0.4) is 0 Å². The maximum absolute atomic E-state index is 6.36. The van der Waals surface area contributed by atoms with Gasteiger partial charge in [0, 0.05) is 35.4 Å². The molecule has 1 atom stereocenters. The number of halogens is 1. The topological polar surface area (TPSA) is 76.7 Å². The Morgan fingerprint density at radius 2 is 1.86 bits per heavy atom. The fraction of sp³-hybridized carbons (Fsp3) is 0.190. The van der Waals surface area contributed by atoms with Crippen molar-refractivity contribution in [1.29, 1.82) is 0 Å². The number of hydrogen-bond donors (Lipinski definition) is 2. The summed E-state index contributed by atoms with van der Waals surface area (Å²) >= 11 is 5.35. The van der Waals surface area contributed by atoms with E-state index in [-0.39, 0.29) is 6.04 Å². The number of nitrogens with zero attached hydrogens (tertiary/aromatic N) is 3. The van der Waals surface area contributed by atoms with Crippen LogP contribution < -0.4 is 11.1 Å². The Morgan fingerprint density at radius 3 is 2.61 bits per heavy atom. The number of fused-ring (bicyclic) bond motifs is 1. The lowest BCUT2D eigenvalue weighted by molar-refractivity contribution is 0.698. The first-order chi connectivity index (χ1) is 13.6. The monoisotopic (exact) mass is 453 g/mol. The molecule has 3 heterocycles. The summed E-state index contributed by atoms with van der Waals surface area (Å²) in [6.45, 7) is 2.71. The molecule has 0 bridgehead atoms. The zero-order valence-electron chi connectivity index (χ0n) is 15.4. The summed E-state index contributed by atoms with van der Waals surface area (Å²) in [6.07, 6.45) is 4.31. The van der Waals surface area contributed by atoms with E-state index in [4.69, 9.17) is 15.7 Å². The number of thiophene rings is 1. The quantitative estimate of drug-likeness (QED) is 0.438. The fourth-order valence-corrected chi connectivity index (χ4v) is 4.64. The van der Waals surface area contributed by atoms with E-state index >= 15 is 0 Å². The summed E-state index contributed by atoms with van der Waals surface area (Å²) in [5.74, 6) is 1.49. The third-order valence-corrected chi connectivity index (χ3v) is 6.78. The SMILES string of the molecule is Cc1sc2c(NC[C@H](N)Cc3ccccc3)nc(-c3ccncc3)nc2c1Br. The van der Waals surface area contributed by atoms with E-state index in [9.17, 15) is 0 Å². The lowest BCUT2D eigenvalue weighted by Gasteiger charge is -2.14. The van der Waals surface area contributed by atoms with Gasteiger partial charge in [0.25, 0.3) is 0 Å². The summed E-state index contributed by atoms with van der Waals surface area (Å²) in [5.41, 5.74) is 9.45. The summed E-state index contributed by atoms with van der Waals surface area (Å²) in [5, 5.41) is 3.46. The number of nitrogens with two attached hydrogens (primary N) is 1. The molecular weight excluding hydrogens is 434 g/mol. The van der Waals surface area contributed by atoms with Crippen LogP contribution in [0, 0.1) is 6.92 Å². The molecule has 0 aliphatic rings. The zero-order chi connectivity index (χ0) is 19.5. The van der Waals surface area contributed by atoms with Crippen LogP contribution in [0.4, 0.5) is 5.82 Å². The smallest absolute Gasteiger partial charge is 0.162 e. The number of pyridine rings is 1. The predicted molar refractivity (Wildman–Crippen MR) is 120 cm³/mol. The average molecular weight is 454 g/mol. The van der Waals surface area contributed by atoms with Gasteiger partial charge in [-0.2, -0.15) is 0 Å². The molecule has 7 heteroatoms. The second-order valence-electron chi connectivity index (χ2n) is 6.61. The van der Waals surface area contributed by atoms with Gasteiger partial charge in [-0.15, -0.1) is 11.3 Å². The van der Waals surface area contributed by atoms with E-state index in [0.29, 0.717) is 12.4 Å². The number of anilines is 1. The molecule has 4 rings (SSSR count). The molecule has 0 aliphatic carbocycles. The van der Waals surface area contributed by atoms with E-state index < -0.39 is 0 Å². The van der Waals surface area contributed by atoms with Crippen molar-refractivity contribution < 1.29 is 0 Å². The van der Waals surface area contributed by atoms with Crippen molar-refractivity contribution in [3.63, 3.8) is 0 Å². The van der Waals surface area contributed by atoms with Gasteiger partial charge >= 0.3 is 0 Å². The van der Waals surface area contributed by atoms with Crippen LogP contribution in [0.25, 0.3) is 21.6 Å². The molecule has 0 fully saturated rings. The van der Waals surface area contributed by atoms with E-state index in [1.54, 1.807) is 23.7 Å². The first-order valence-corrected chi connectivity index (χ1v) is 10.6. The molecule has 3 N–H and O–H groups in total. The van der Waals surface area contributed by atoms with Crippen molar-refractivity contribution >= 4 is 43.3 Å². The fourth-order valence-electron chi connectivity index (χ4n) is 3.03. The highest BCUT2D eigenvalue weighted by atomic mass is 79.9. The molecule has 4 aromatic rings. The molecule has 0 radical (unpaired) electrons. The van der Waals surface area contributed by atoms with Gasteiger partial charge in [0.15, 0.2) is 5.82 Å². The van der Waals surface area contributed by atoms with Gasteiger partial charge < -0.3 is 11.1 Å². The minimum absolute atomic E-state index is 0.0127. The van der Waals surface area contributed by atoms with Crippen LogP contribution >= 0.6 is 27.3 Å². The third kappa shape index (κ3) is 4.06. The van der Waals surface area contributed by atoms with Crippen LogP contribution in [0.1, 0.15) is 10.4 Å². The highest BCUT2D eigenvalue weighted by Crippen LogP contribution is 2.38. The van der Waals surface area contributed by atoms with Crippen molar-refractivity contribution in [2.75, 3.05) is 11.9 Å². The first kappa shape index (κ1) is 19.0. The van der Waals surface area contributed by atoms with E-state index in [0.717, 1.165) is 32.5 Å². The van der Waals surface area contributed by atoms with Gasteiger partial charge in [0.1, 0.15) is 11.3 Å². The molecule has 1 aromatic carbocycles. The molecule has 3 aromatic heterocycles.